The molecule has 4 rings (SSSR count). The topological polar surface area (TPSA) is 49.0 Å². The fourth-order valence-electron chi connectivity index (χ4n) is 4.06. The molecule has 0 saturated heterocycles. The van der Waals surface area contributed by atoms with Crippen molar-refractivity contribution in [2.45, 2.75) is 39.8 Å². The van der Waals surface area contributed by atoms with Gasteiger partial charge in [-0.1, -0.05) is 48.5 Å². The second-order valence-corrected chi connectivity index (χ2v) is 7.08. The summed E-state index contributed by atoms with van der Waals surface area (Å²) in [6.45, 7) is 7.17. The molecule has 132 valence electrons. The maximum Gasteiger partial charge on any atom is 0.230 e. The SMILES string of the molecule is Cc1n[nH]c(C)c1[C@H](C)C(=O)N1Cc2ccccc2-c2ccccc2C1. The lowest BCUT2D eigenvalue weighted by molar-refractivity contribution is -0.133. The normalized spacial score (nSPS) is 14.3. The van der Waals surface area contributed by atoms with Crippen molar-refractivity contribution in [3.8, 4) is 11.1 Å². The van der Waals surface area contributed by atoms with Gasteiger partial charge in [-0.2, -0.15) is 5.10 Å². The van der Waals surface area contributed by atoms with Gasteiger partial charge in [-0.3, -0.25) is 9.89 Å². The van der Waals surface area contributed by atoms with Crippen molar-refractivity contribution in [1.29, 1.82) is 0 Å². The van der Waals surface area contributed by atoms with E-state index in [9.17, 15) is 4.79 Å². The maximum absolute atomic E-state index is 13.4. The van der Waals surface area contributed by atoms with E-state index in [1.807, 2.05) is 37.8 Å². The van der Waals surface area contributed by atoms with Crippen LogP contribution in [0.15, 0.2) is 48.5 Å². The predicted octanol–water partition coefficient (Wildman–Crippen LogP) is 4.34. The standard InChI is InChI=1S/C22H23N3O/c1-14(21-15(2)23-24-16(21)3)22(26)25-12-17-8-4-6-10-19(17)20-11-7-5-9-18(20)13-25/h4-11,14H,12-13H2,1-3H3,(H,23,24)/t14-/m0/s1. The number of nitrogens with zero attached hydrogens (tertiary/aromatic N) is 2. The van der Waals surface area contributed by atoms with Crippen molar-refractivity contribution in [2.75, 3.05) is 0 Å². The fraction of sp³-hybridized carbons (Fsp3) is 0.273. The smallest absolute Gasteiger partial charge is 0.230 e. The van der Waals surface area contributed by atoms with E-state index in [-0.39, 0.29) is 11.8 Å². The summed E-state index contributed by atoms with van der Waals surface area (Å²) in [4.78, 5) is 15.3. The van der Waals surface area contributed by atoms with Crippen LogP contribution >= 0.6 is 0 Å². The van der Waals surface area contributed by atoms with Crippen LogP contribution in [0.5, 0.6) is 0 Å². The van der Waals surface area contributed by atoms with Gasteiger partial charge in [-0.05, 0) is 43.0 Å². The van der Waals surface area contributed by atoms with Crippen LogP contribution in [0.2, 0.25) is 0 Å². The first kappa shape index (κ1) is 16.6. The second-order valence-electron chi connectivity index (χ2n) is 7.08. The molecular weight excluding hydrogens is 322 g/mol. The molecule has 0 fully saturated rings. The number of benzene rings is 2. The molecule has 2 heterocycles. The Bertz CT molecular complexity index is 906. The molecule has 26 heavy (non-hydrogen) atoms. The van der Waals surface area contributed by atoms with Crippen LogP contribution < -0.4 is 0 Å². The summed E-state index contributed by atoms with van der Waals surface area (Å²) in [6.07, 6.45) is 0. The Kier molecular flexibility index (Phi) is 4.11. The summed E-state index contributed by atoms with van der Waals surface area (Å²) in [5.74, 6) is -0.0738. The van der Waals surface area contributed by atoms with Gasteiger partial charge in [0.05, 0.1) is 11.6 Å². The molecule has 0 spiro atoms. The van der Waals surface area contributed by atoms with E-state index in [4.69, 9.17) is 0 Å². The first-order chi connectivity index (χ1) is 12.6. The number of aromatic nitrogens is 2. The minimum Gasteiger partial charge on any atom is -0.333 e. The van der Waals surface area contributed by atoms with Crippen molar-refractivity contribution >= 4 is 5.91 Å². The van der Waals surface area contributed by atoms with Crippen LogP contribution in [-0.2, 0) is 17.9 Å². The molecule has 1 aromatic heterocycles. The second kappa shape index (κ2) is 6.45. The number of rotatable bonds is 2. The van der Waals surface area contributed by atoms with E-state index < -0.39 is 0 Å². The number of fused-ring (bicyclic) bond motifs is 3. The molecule has 4 nitrogen and oxygen atoms in total. The third-order valence-corrected chi connectivity index (χ3v) is 5.35. The molecule has 1 amide bonds. The minimum atomic E-state index is -0.217. The Morgan fingerprint density at radius 1 is 1.00 bits per heavy atom. The number of carbonyl (C=O) groups excluding carboxylic acids is 1. The lowest BCUT2D eigenvalue weighted by atomic mass is 9.97. The number of aromatic amines is 1. The van der Waals surface area contributed by atoms with Crippen LogP contribution in [0, 0.1) is 13.8 Å². The van der Waals surface area contributed by atoms with Crippen LogP contribution in [0.25, 0.3) is 11.1 Å². The molecule has 2 aromatic carbocycles. The molecule has 1 aliphatic rings. The van der Waals surface area contributed by atoms with Gasteiger partial charge in [0.1, 0.15) is 0 Å². The molecule has 1 aliphatic heterocycles. The van der Waals surface area contributed by atoms with Gasteiger partial charge in [0.25, 0.3) is 0 Å². The molecule has 0 saturated carbocycles. The molecule has 0 aliphatic carbocycles. The Morgan fingerprint density at radius 2 is 1.54 bits per heavy atom. The van der Waals surface area contributed by atoms with Gasteiger partial charge < -0.3 is 4.90 Å². The largest absolute Gasteiger partial charge is 0.333 e. The van der Waals surface area contributed by atoms with Gasteiger partial charge >= 0.3 is 0 Å². The monoisotopic (exact) mass is 345 g/mol. The number of H-pyrrole nitrogens is 1. The molecule has 1 atom stereocenters. The van der Waals surface area contributed by atoms with Gasteiger partial charge in [0.15, 0.2) is 0 Å². The maximum atomic E-state index is 13.4. The highest BCUT2D eigenvalue weighted by atomic mass is 16.2. The zero-order valence-corrected chi connectivity index (χ0v) is 15.4. The third-order valence-electron chi connectivity index (χ3n) is 5.35. The van der Waals surface area contributed by atoms with Gasteiger partial charge in [-0.15, -0.1) is 0 Å². The zero-order valence-electron chi connectivity index (χ0n) is 15.4. The molecule has 4 heteroatoms. The first-order valence-electron chi connectivity index (χ1n) is 9.02. The summed E-state index contributed by atoms with van der Waals surface area (Å²) >= 11 is 0. The van der Waals surface area contributed by atoms with Crippen LogP contribution in [0.1, 0.15) is 40.9 Å². The van der Waals surface area contributed by atoms with Crippen molar-refractivity contribution < 1.29 is 4.79 Å². The van der Waals surface area contributed by atoms with Gasteiger partial charge in [0.2, 0.25) is 5.91 Å². The first-order valence-corrected chi connectivity index (χ1v) is 9.02. The van der Waals surface area contributed by atoms with Crippen molar-refractivity contribution in [1.82, 2.24) is 15.1 Å². The van der Waals surface area contributed by atoms with E-state index >= 15 is 0 Å². The van der Waals surface area contributed by atoms with Gasteiger partial charge in [0, 0.05) is 24.3 Å². The number of hydrogen-bond acceptors (Lipinski definition) is 2. The van der Waals surface area contributed by atoms with E-state index in [1.165, 1.54) is 22.3 Å². The molecule has 3 aromatic rings. The molecule has 0 bridgehead atoms. The Labute approximate surface area is 153 Å². The number of nitrogens with one attached hydrogen (secondary N) is 1. The van der Waals surface area contributed by atoms with Crippen molar-refractivity contribution in [3.05, 3.63) is 76.6 Å². The highest BCUT2D eigenvalue weighted by Crippen LogP contribution is 2.34. The molecular formula is C22H23N3O. The van der Waals surface area contributed by atoms with Gasteiger partial charge in [-0.25, -0.2) is 0 Å². The van der Waals surface area contributed by atoms with Crippen LogP contribution in [-0.4, -0.2) is 21.0 Å². The van der Waals surface area contributed by atoms with Crippen molar-refractivity contribution in [2.24, 2.45) is 0 Å². The quantitative estimate of drug-likeness (QED) is 0.751. The average Bonchev–Trinajstić information content (AvgIpc) is 2.89. The molecule has 0 unspecified atom stereocenters. The van der Waals surface area contributed by atoms with Crippen molar-refractivity contribution in [3.63, 3.8) is 0 Å². The van der Waals surface area contributed by atoms with E-state index in [2.05, 4.69) is 46.6 Å². The summed E-state index contributed by atoms with van der Waals surface area (Å²) in [7, 11) is 0. The average molecular weight is 345 g/mol. The highest BCUT2D eigenvalue weighted by molar-refractivity contribution is 5.85. The molecule has 0 radical (unpaired) electrons. The summed E-state index contributed by atoms with van der Waals surface area (Å²) in [6, 6.07) is 16.8. The third kappa shape index (κ3) is 2.71. The fourth-order valence-corrected chi connectivity index (χ4v) is 4.06. The van der Waals surface area contributed by atoms with Crippen LogP contribution in [0.3, 0.4) is 0 Å². The number of carbonyl (C=O) groups is 1. The lowest BCUT2D eigenvalue weighted by Gasteiger charge is -2.25. The molecule has 1 N–H and O–H groups in total. The zero-order chi connectivity index (χ0) is 18.3. The lowest BCUT2D eigenvalue weighted by Crippen LogP contribution is -2.33. The Hall–Kier alpha value is -2.88. The number of amides is 1. The van der Waals surface area contributed by atoms with E-state index in [0.717, 1.165) is 17.0 Å². The number of aryl methyl sites for hydroxylation is 2. The Morgan fingerprint density at radius 3 is 2.04 bits per heavy atom. The summed E-state index contributed by atoms with van der Waals surface area (Å²) in [5, 5.41) is 7.26. The Balaban J connectivity index is 1.74. The predicted molar refractivity (Wildman–Crippen MR) is 103 cm³/mol. The van der Waals surface area contributed by atoms with E-state index in [0.29, 0.717) is 13.1 Å². The number of hydrogen-bond donors (Lipinski definition) is 1. The van der Waals surface area contributed by atoms with E-state index in [1.54, 1.807) is 0 Å². The summed E-state index contributed by atoms with van der Waals surface area (Å²) < 4.78 is 0. The minimum absolute atomic E-state index is 0.143. The summed E-state index contributed by atoms with van der Waals surface area (Å²) in [5.41, 5.74) is 7.72. The van der Waals surface area contributed by atoms with Crippen LogP contribution in [0.4, 0.5) is 0 Å². The highest BCUT2D eigenvalue weighted by Gasteiger charge is 2.28.